The van der Waals surface area contributed by atoms with E-state index in [1.807, 2.05) is 43.3 Å². The molecule has 0 aliphatic heterocycles. The molecule has 1 atom stereocenters. The smallest absolute Gasteiger partial charge is 0.261 e. The molecule has 1 unspecified atom stereocenters. The van der Waals surface area contributed by atoms with E-state index in [4.69, 9.17) is 16.3 Å². The van der Waals surface area contributed by atoms with Crippen molar-refractivity contribution in [1.29, 1.82) is 0 Å². The first-order valence-corrected chi connectivity index (χ1v) is 10.1. The number of nitrogens with zero attached hydrogens (tertiary/aromatic N) is 1. The van der Waals surface area contributed by atoms with E-state index in [-0.39, 0.29) is 25.0 Å². The standard InChI is InChI=1S/C20H22ClIN2O3/c1-3-23-20(26)14(2)24(12-15-5-4-6-16(21)11-15)19(25)13-27-18-9-7-17(22)8-10-18/h4-11,14H,3,12-13H2,1-2H3,(H,23,26). The summed E-state index contributed by atoms with van der Waals surface area (Å²) in [6, 6.07) is 14.0. The van der Waals surface area contributed by atoms with Crippen molar-refractivity contribution in [3.05, 3.63) is 62.7 Å². The molecule has 0 aliphatic rings. The maximum Gasteiger partial charge on any atom is 0.261 e. The number of nitrogens with one attached hydrogen (secondary N) is 1. The Morgan fingerprint density at radius 1 is 1.22 bits per heavy atom. The second-order valence-electron chi connectivity index (χ2n) is 5.96. The Labute approximate surface area is 178 Å². The highest BCUT2D eigenvalue weighted by Crippen LogP contribution is 2.16. The van der Waals surface area contributed by atoms with Crippen LogP contribution in [0.2, 0.25) is 5.02 Å². The van der Waals surface area contributed by atoms with Gasteiger partial charge in [0.1, 0.15) is 11.8 Å². The number of carbonyl (C=O) groups excluding carboxylic acids is 2. The fraction of sp³-hybridized carbons (Fsp3) is 0.300. The second-order valence-corrected chi connectivity index (χ2v) is 7.65. The Morgan fingerprint density at radius 3 is 2.56 bits per heavy atom. The zero-order valence-corrected chi connectivity index (χ0v) is 18.2. The number of likely N-dealkylation sites (N-methyl/N-ethyl adjacent to an activating group) is 1. The normalized spacial score (nSPS) is 11.6. The number of ether oxygens (including phenoxy) is 1. The monoisotopic (exact) mass is 500 g/mol. The predicted octanol–water partition coefficient (Wildman–Crippen LogP) is 3.88. The van der Waals surface area contributed by atoms with Crippen molar-refractivity contribution in [2.45, 2.75) is 26.4 Å². The number of hydrogen-bond acceptors (Lipinski definition) is 3. The zero-order valence-electron chi connectivity index (χ0n) is 15.2. The van der Waals surface area contributed by atoms with E-state index in [2.05, 4.69) is 27.9 Å². The van der Waals surface area contributed by atoms with E-state index >= 15 is 0 Å². The summed E-state index contributed by atoms with van der Waals surface area (Å²) < 4.78 is 6.68. The van der Waals surface area contributed by atoms with Crippen LogP contribution in [-0.4, -0.2) is 35.9 Å². The van der Waals surface area contributed by atoms with E-state index in [9.17, 15) is 9.59 Å². The van der Waals surface area contributed by atoms with Crippen LogP contribution < -0.4 is 10.1 Å². The molecular weight excluding hydrogens is 479 g/mol. The van der Waals surface area contributed by atoms with Crippen LogP contribution in [-0.2, 0) is 16.1 Å². The van der Waals surface area contributed by atoms with E-state index < -0.39 is 6.04 Å². The quantitative estimate of drug-likeness (QED) is 0.560. The first kappa shape index (κ1) is 21.5. The van der Waals surface area contributed by atoms with Gasteiger partial charge in [-0.3, -0.25) is 9.59 Å². The largest absolute Gasteiger partial charge is 0.484 e. The number of halogens is 2. The van der Waals surface area contributed by atoms with Gasteiger partial charge in [-0.15, -0.1) is 0 Å². The molecule has 7 heteroatoms. The van der Waals surface area contributed by atoms with Gasteiger partial charge >= 0.3 is 0 Å². The van der Waals surface area contributed by atoms with Gasteiger partial charge in [0.15, 0.2) is 6.61 Å². The van der Waals surface area contributed by atoms with E-state index in [0.29, 0.717) is 17.3 Å². The second kappa shape index (κ2) is 10.5. The van der Waals surface area contributed by atoms with E-state index in [1.54, 1.807) is 19.1 Å². The summed E-state index contributed by atoms with van der Waals surface area (Å²) >= 11 is 8.25. The van der Waals surface area contributed by atoms with Gasteiger partial charge in [0.25, 0.3) is 5.91 Å². The van der Waals surface area contributed by atoms with Gasteiger partial charge in [-0.2, -0.15) is 0 Å². The summed E-state index contributed by atoms with van der Waals surface area (Å²) in [6.07, 6.45) is 0. The molecule has 2 rings (SSSR count). The van der Waals surface area contributed by atoms with Crippen molar-refractivity contribution in [3.8, 4) is 5.75 Å². The van der Waals surface area contributed by atoms with Crippen LogP contribution in [0.15, 0.2) is 48.5 Å². The minimum absolute atomic E-state index is 0.148. The minimum atomic E-state index is -0.628. The maximum absolute atomic E-state index is 12.8. The molecule has 1 N–H and O–H groups in total. The van der Waals surface area contributed by atoms with Crippen LogP contribution in [0, 0.1) is 3.57 Å². The third kappa shape index (κ3) is 6.70. The van der Waals surface area contributed by atoms with Gasteiger partial charge in [-0.1, -0.05) is 23.7 Å². The summed E-state index contributed by atoms with van der Waals surface area (Å²) in [5.41, 5.74) is 0.848. The van der Waals surface area contributed by atoms with E-state index in [0.717, 1.165) is 9.13 Å². The van der Waals surface area contributed by atoms with Crippen LogP contribution >= 0.6 is 34.2 Å². The number of carbonyl (C=O) groups is 2. The van der Waals surface area contributed by atoms with Crippen LogP contribution in [0.25, 0.3) is 0 Å². The third-order valence-electron chi connectivity index (χ3n) is 3.94. The lowest BCUT2D eigenvalue weighted by Crippen LogP contribution is -2.49. The highest BCUT2D eigenvalue weighted by atomic mass is 127. The molecular formula is C20H22ClIN2O3. The number of benzene rings is 2. The zero-order chi connectivity index (χ0) is 19.8. The van der Waals surface area contributed by atoms with Gasteiger partial charge in [0.2, 0.25) is 5.91 Å². The number of hydrogen-bond donors (Lipinski definition) is 1. The van der Waals surface area contributed by atoms with Crippen LogP contribution in [0.3, 0.4) is 0 Å². The third-order valence-corrected chi connectivity index (χ3v) is 4.89. The average molecular weight is 501 g/mol. The molecule has 0 radical (unpaired) electrons. The van der Waals surface area contributed by atoms with Gasteiger partial charge in [0.05, 0.1) is 0 Å². The number of amides is 2. The molecule has 0 saturated heterocycles. The Kier molecular flexibility index (Phi) is 8.37. The summed E-state index contributed by atoms with van der Waals surface area (Å²) in [6.45, 7) is 4.17. The SMILES string of the molecule is CCNC(=O)C(C)N(Cc1cccc(Cl)c1)C(=O)COc1ccc(I)cc1. The maximum atomic E-state index is 12.8. The molecule has 2 aromatic rings. The Hall–Kier alpha value is -1.80. The van der Waals surface area contributed by atoms with Crippen molar-refractivity contribution >= 4 is 46.0 Å². The van der Waals surface area contributed by atoms with Crippen LogP contribution in [0.5, 0.6) is 5.75 Å². The summed E-state index contributed by atoms with van der Waals surface area (Å²) in [5, 5.41) is 3.34. The van der Waals surface area contributed by atoms with Crippen molar-refractivity contribution < 1.29 is 14.3 Å². The van der Waals surface area contributed by atoms with Crippen molar-refractivity contribution in [1.82, 2.24) is 10.2 Å². The Bertz CT molecular complexity index is 783. The molecule has 0 bridgehead atoms. The summed E-state index contributed by atoms with van der Waals surface area (Å²) in [5.74, 6) is 0.131. The van der Waals surface area contributed by atoms with Crippen LogP contribution in [0.1, 0.15) is 19.4 Å². The first-order valence-electron chi connectivity index (χ1n) is 8.60. The lowest BCUT2D eigenvalue weighted by atomic mass is 10.1. The minimum Gasteiger partial charge on any atom is -0.484 e. The molecule has 5 nitrogen and oxygen atoms in total. The molecule has 0 aliphatic carbocycles. The lowest BCUT2D eigenvalue weighted by Gasteiger charge is -2.28. The molecule has 0 saturated carbocycles. The molecule has 0 fully saturated rings. The van der Waals surface area contributed by atoms with Gasteiger partial charge < -0.3 is 15.0 Å². The molecule has 2 aromatic carbocycles. The molecule has 0 aromatic heterocycles. The molecule has 0 spiro atoms. The van der Waals surface area contributed by atoms with Gasteiger partial charge in [0, 0.05) is 21.7 Å². The van der Waals surface area contributed by atoms with Crippen LogP contribution in [0.4, 0.5) is 0 Å². The fourth-order valence-electron chi connectivity index (χ4n) is 2.50. The predicted molar refractivity (Wildman–Crippen MR) is 115 cm³/mol. The molecule has 0 heterocycles. The van der Waals surface area contributed by atoms with Gasteiger partial charge in [-0.05, 0) is 78.4 Å². The molecule has 2 amide bonds. The number of rotatable bonds is 8. The van der Waals surface area contributed by atoms with E-state index in [1.165, 1.54) is 4.90 Å². The highest BCUT2D eigenvalue weighted by molar-refractivity contribution is 14.1. The van der Waals surface area contributed by atoms with Crippen molar-refractivity contribution in [3.63, 3.8) is 0 Å². The van der Waals surface area contributed by atoms with Gasteiger partial charge in [-0.25, -0.2) is 0 Å². The highest BCUT2D eigenvalue weighted by Gasteiger charge is 2.26. The summed E-state index contributed by atoms with van der Waals surface area (Å²) in [7, 11) is 0. The topological polar surface area (TPSA) is 58.6 Å². The summed E-state index contributed by atoms with van der Waals surface area (Å²) in [4.78, 5) is 26.6. The fourth-order valence-corrected chi connectivity index (χ4v) is 3.07. The molecule has 27 heavy (non-hydrogen) atoms. The van der Waals surface area contributed by atoms with Crippen molar-refractivity contribution in [2.75, 3.05) is 13.2 Å². The first-order chi connectivity index (χ1) is 12.9. The lowest BCUT2D eigenvalue weighted by molar-refractivity contribution is -0.142. The Balaban J connectivity index is 2.12. The van der Waals surface area contributed by atoms with Crippen molar-refractivity contribution in [2.24, 2.45) is 0 Å². The average Bonchev–Trinajstić information content (AvgIpc) is 2.65. The molecule has 144 valence electrons. The Morgan fingerprint density at radius 2 is 1.93 bits per heavy atom.